The van der Waals surface area contributed by atoms with Gasteiger partial charge in [0.05, 0.1) is 18.3 Å². The third-order valence-electron chi connectivity index (χ3n) is 2.94. The van der Waals surface area contributed by atoms with Gasteiger partial charge in [-0.3, -0.25) is 4.79 Å². The number of ether oxygens (including phenoxy) is 1. The van der Waals surface area contributed by atoms with Crippen LogP contribution in [0.5, 0.6) is 0 Å². The molecule has 0 spiro atoms. The fourth-order valence-electron chi connectivity index (χ4n) is 1.83. The van der Waals surface area contributed by atoms with Crippen LogP contribution in [-0.4, -0.2) is 28.0 Å². The fourth-order valence-corrected chi connectivity index (χ4v) is 2.97. The second kappa shape index (κ2) is 6.41. The molecule has 1 heterocycles. The predicted molar refractivity (Wildman–Crippen MR) is 73.0 cm³/mol. The van der Waals surface area contributed by atoms with Crippen molar-refractivity contribution < 1.29 is 14.1 Å². The smallest absolute Gasteiger partial charge is 0.306 e. The SMILES string of the molecule is CCOC(=O)C[C@@H](C)S[C@H](C)c1nc(C2CC2)no1. The first-order valence-electron chi connectivity index (χ1n) is 6.74. The van der Waals surface area contributed by atoms with E-state index in [-0.39, 0.29) is 16.5 Å². The van der Waals surface area contributed by atoms with Crippen molar-refractivity contribution >= 4 is 17.7 Å². The molecule has 0 radical (unpaired) electrons. The van der Waals surface area contributed by atoms with Crippen LogP contribution in [0.25, 0.3) is 0 Å². The molecule has 0 unspecified atom stereocenters. The van der Waals surface area contributed by atoms with Crippen LogP contribution in [0, 0.1) is 0 Å². The molecule has 0 amide bonds. The van der Waals surface area contributed by atoms with Crippen LogP contribution in [0.1, 0.15) is 62.9 Å². The third-order valence-corrected chi connectivity index (χ3v) is 4.18. The minimum atomic E-state index is -0.154. The standard InChI is InChI=1S/C13H20N2O3S/c1-4-17-11(16)7-8(2)19-9(3)13-14-12(15-18-13)10-5-6-10/h8-10H,4-7H2,1-3H3/t8-,9-/m1/s1. The van der Waals surface area contributed by atoms with Crippen molar-refractivity contribution in [1.29, 1.82) is 0 Å². The zero-order valence-corrected chi connectivity index (χ0v) is 12.4. The van der Waals surface area contributed by atoms with Crippen molar-refractivity contribution in [3.8, 4) is 0 Å². The van der Waals surface area contributed by atoms with E-state index in [0.29, 0.717) is 24.8 Å². The van der Waals surface area contributed by atoms with Crippen molar-refractivity contribution in [1.82, 2.24) is 10.1 Å². The monoisotopic (exact) mass is 284 g/mol. The Balaban J connectivity index is 1.81. The number of rotatable bonds is 7. The summed E-state index contributed by atoms with van der Waals surface area (Å²) in [6.07, 6.45) is 2.74. The molecule has 2 rings (SSSR count). The summed E-state index contributed by atoms with van der Waals surface area (Å²) in [5, 5.41) is 4.28. The van der Waals surface area contributed by atoms with Crippen molar-refractivity contribution in [2.75, 3.05) is 6.61 Å². The number of carbonyl (C=O) groups is 1. The Morgan fingerprint density at radius 3 is 2.89 bits per heavy atom. The number of carbonyl (C=O) groups excluding carboxylic acids is 1. The van der Waals surface area contributed by atoms with Crippen molar-refractivity contribution in [3.63, 3.8) is 0 Å². The van der Waals surface area contributed by atoms with E-state index < -0.39 is 0 Å². The van der Waals surface area contributed by atoms with E-state index >= 15 is 0 Å². The van der Waals surface area contributed by atoms with Gasteiger partial charge in [-0.25, -0.2) is 0 Å². The molecule has 1 aromatic heterocycles. The molecule has 106 valence electrons. The molecule has 0 saturated heterocycles. The average molecular weight is 284 g/mol. The van der Waals surface area contributed by atoms with Crippen LogP contribution < -0.4 is 0 Å². The van der Waals surface area contributed by atoms with E-state index in [9.17, 15) is 4.79 Å². The van der Waals surface area contributed by atoms with Gasteiger partial charge < -0.3 is 9.26 Å². The molecule has 1 aliphatic rings. The first kappa shape index (κ1) is 14.4. The highest BCUT2D eigenvalue weighted by Crippen LogP contribution is 2.39. The van der Waals surface area contributed by atoms with Crippen molar-refractivity contribution in [3.05, 3.63) is 11.7 Å². The Bertz CT molecular complexity index is 431. The Hall–Kier alpha value is -1.04. The molecular formula is C13H20N2O3S. The number of aromatic nitrogens is 2. The van der Waals surface area contributed by atoms with Crippen molar-refractivity contribution in [2.24, 2.45) is 0 Å². The Morgan fingerprint density at radius 1 is 1.53 bits per heavy atom. The second-order valence-corrected chi connectivity index (χ2v) is 6.65. The summed E-state index contributed by atoms with van der Waals surface area (Å²) in [5.41, 5.74) is 0. The second-order valence-electron chi connectivity index (χ2n) is 4.86. The van der Waals surface area contributed by atoms with Crippen LogP contribution in [0.3, 0.4) is 0 Å². The van der Waals surface area contributed by atoms with Gasteiger partial charge in [-0.2, -0.15) is 4.98 Å². The maximum absolute atomic E-state index is 11.4. The van der Waals surface area contributed by atoms with E-state index in [1.54, 1.807) is 11.8 Å². The van der Waals surface area contributed by atoms with Crippen LogP contribution in [-0.2, 0) is 9.53 Å². The summed E-state index contributed by atoms with van der Waals surface area (Å²) in [6, 6.07) is 0. The van der Waals surface area contributed by atoms with E-state index in [1.807, 2.05) is 20.8 Å². The maximum Gasteiger partial charge on any atom is 0.306 e. The van der Waals surface area contributed by atoms with Gasteiger partial charge in [-0.15, -0.1) is 11.8 Å². The molecule has 19 heavy (non-hydrogen) atoms. The lowest BCUT2D eigenvalue weighted by Gasteiger charge is -2.13. The largest absolute Gasteiger partial charge is 0.466 e. The lowest BCUT2D eigenvalue weighted by Crippen LogP contribution is -2.11. The van der Waals surface area contributed by atoms with Crippen LogP contribution in [0.4, 0.5) is 0 Å². The zero-order valence-electron chi connectivity index (χ0n) is 11.6. The van der Waals surface area contributed by atoms with Gasteiger partial charge in [0.2, 0.25) is 5.89 Å². The lowest BCUT2D eigenvalue weighted by atomic mass is 10.3. The molecule has 1 saturated carbocycles. The highest BCUT2D eigenvalue weighted by atomic mass is 32.2. The molecule has 0 bridgehead atoms. The van der Waals surface area contributed by atoms with Gasteiger partial charge in [-0.1, -0.05) is 12.1 Å². The highest BCUT2D eigenvalue weighted by molar-refractivity contribution is 8.00. The molecule has 0 N–H and O–H groups in total. The lowest BCUT2D eigenvalue weighted by molar-refractivity contribution is -0.142. The van der Waals surface area contributed by atoms with Gasteiger partial charge in [0.15, 0.2) is 5.82 Å². The van der Waals surface area contributed by atoms with Gasteiger partial charge in [0.1, 0.15) is 0 Å². The molecule has 1 aromatic rings. The number of thioether (sulfide) groups is 1. The molecule has 2 atom stereocenters. The van der Waals surface area contributed by atoms with Crippen LogP contribution >= 0.6 is 11.8 Å². The summed E-state index contributed by atoms with van der Waals surface area (Å²) in [4.78, 5) is 15.8. The van der Waals surface area contributed by atoms with E-state index in [1.165, 1.54) is 12.8 Å². The molecule has 0 aliphatic heterocycles. The summed E-state index contributed by atoms with van der Waals surface area (Å²) in [5.74, 6) is 1.84. The molecule has 1 fully saturated rings. The normalized spacial score (nSPS) is 18.1. The summed E-state index contributed by atoms with van der Waals surface area (Å²) < 4.78 is 10.2. The molecule has 6 heteroatoms. The minimum absolute atomic E-state index is 0.101. The molecular weight excluding hydrogens is 264 g/mol. The Morgan fingerprint density at radius 2 is 2.26 bits per heavy atom. The topological polar surface area (TPSA) is 65.2 Å². The number of hydrogen-bond donors (Lipinski definition) is 0. The molecule has 0 aromatic carbocycles. The Labute approximate surface area is 117 Å². The maximum atomic E-state index is 11.4. The van der Waals surface area contributed by atoms with Gasteiger partial charge in [0, 0.05) is 11.2 Å². The quantitative estimate of drug-likeness (QED) is 0.717. The predicted octanol–water partition coefficient (Wildman–Crippen LogP) is 3.08. The third kappa shape index (κ3) is 4.23. The van der Waals surface area contributed by atoms with Gasteiger partial charge >= 0.3 is 5.97 Å². The summed E-state index contributed by atoms with van der Waals surface area (Å²) in [7, 11) is 0. The number of nitrogens with zero attached hydrogens (tertiary/aromatic N) is 2. The molecule has 1 aliphatic carbocycles. The highest BCUT2D eigenvalue weighted by Gasteiger charge is 2.30. The zero-order chi connectivity index (χ0) is 13.8. The average Bonchev–Trinajstić information content (AvgIpc) is 3.06. The van der Waals surface area contributed by atoms with Crippen LogP contribution in [0.15, 0.2) is 4.52 Å². The van der Waals surface area contributed by atoms with E-state index in [0.717, 1.165) is 5.82 Å². The van der Waals surface area contributed by atoms with Gasteiger partial charge in [0.25, 0.3) is 0 Å². The number of esters is 1. The fraction of sp³-hybridized carbons (Fsp3) is 0.769. The summed E-state index contributed by atoms with van der Waals surface area (Å²) in [6.45, 7) is 6.28. The molecule has 5 nitrogen and oxygen atoms in total. The van der Waals surface area contributed by atoms with Crippen molar-refractivity contribution in [2.45, 2.75) is 56.5 Å². The minimum Gasteiger partial charge on any atom is -0.466 e. The Kier molecular flexibility index (Phi) is 4.85. The first-order chi connectivity index (χ1) is 9.10. The van der Waals surface area contributed by atoms with E-state index in [2.05, 4.69) is 10.1 Å². The number of hydrogen-bond acceptors (Lipinski definition) is 6. The summed E-state index contributed by atoms with van der Waals surface area (Å²) >= 11 is 1.66. The van der Waals surface area contributed by atoms with E-state index in [4.69, 9.17) is 9.26 Å². The van der Waals surface area contributed by atoms with Crippen LogP contribution in [0.2, 0.25) is 0 Å². The van der Waals surface area contributed by atoms with Gasteiger partial charge in [-0.05, 0) is 26.7 Å². The first-order valence-corrected chi connectivity index (χ1v) is 7.69.